The van der Waals surface area contributed by atoms with Crippen molar-refractivity contribution in [3.63, 3.8) is 0 Å². The number of carbonyl (C=O) groups is 2. The second kappa shape index (κ2) is 7.79. The van der Waals surface area contributed by atoms with Crippen LogP contribution in [0.2, 0.25) is 0 Å². The number of rotatable bonds is 4. The standard InChI is InChI=1S/C16H24N4O2/c1-13(2)17-16(22)20-10-8-19(9-11-20)12-15(21)18-14-6-4-3-5-7-14/h3-7,13H,8-12H2,1-2H3,(H,17,22)(H,18,21). The lowest BCUT2D eigenvalue weighted by molar-refractivity contribution is -0.117. The maximum absolute atomic E-state index is 12.0. The lowest BCUT2D eigenvalue weighted by Crippen LogP contribution is -2.53. The Balaban J connectivity index is 1.73. The Morgan fingerprint density at radius 2 is 1.73 bits per heavy atom. The van der Waals surface area contributed by atoms with Gasteiger partial charge in [0.2, 0.25) is 5.91 Å². The molecule has 6 heteroatoms. The molecule has 0 aliphatic carbocycles. The number of nitrogens with zero attached hydrogens (tertiary/aromatic N) is 2. The molecule has 0 atom stereocenters. The van der Waals surface area contributed by atoms with Crippen LogP contribution in [0.15, 0.2) is 30.3 Å². The summed E-state index contributed by atoms with van der Waals surface area (Å²) >= 11 is 0. The van der Waals surface area contributed by atoms with Crippen molar-refractivity contribution in [1.82, 2.24) is 15.1 Å². The van der Waals surface area contributed by atoms with Gasteiger partial charge < -0.3 is 15.5 Å². The van der Waals surface area contributed by atoms with E-state index in [1.807, 2.05) is 44.2 Å². The van der Waals surface area contributed by atoms with E-state index in [-0.39, 0.29) is 18.0 Å². The van der Waals surface area contributed by atoms with E-state index < -0.39 is 0 Å². The smallest absolute Gasteiger partial charge is 0.317 e. The van der Waals surface area contributed by atoms with Crippen LogP contribution in [0.3, 0.4) is 0 Å². The summed E-state index contributed by atoms with van der Waals surface area (Å²) in [5, 5.41) is 5.77. The molecule has 0 saturated carbocycles. The minimum absolute atomic E-state index is 0.0220. The molecule has 1 aliphatic rings. The molecular formula is C16H24N4O2. The van der Waals surface area contributed by atoms with Gasteiger partial charge in [-0.25, -0.2) is 4.79 Å². The van der Waals surface area contributed by atoms with Crippen molar-refractivity contribution in [2.45, 2.75) is 19.9 Å². The van der Waals surface area contributed by atoms with Crippen molar-refractivity contribution < 1.29 is 9.59 Å². The number of nitrogens with one attached hydrogen (secondary N) is 2. The first-order valence-electron chi connectivity index (χ1n) is 7.67. The van der Waals surface area contributed by atoms with Gasteiger partial charge in [-0.05, 0) is 26.0 Å². The summed E-state index contributed by atoms with van der Waals surface area (Å²) < 4.78 is 0. The van der Waals surface area contributed by atoms with Crippen LogP contribution >= 0.6 is 0 Å². The number of amides is 3. The van der Waals surface area contributed by atoms with Crippen LogP contribution in [0.4, 0.5) is 10.5 Å². The summed E-state index contributed by atoms with van der Waals surface area (Å²) in [5.74, 6) is -0.0220. The highest BCUT2D eigenvalue weighted by molar-refractivity contribution is 5.92. The number of hydrogen-bond donors (Lipinski definition) is 2. The summed E-state index contributed by atoms with van der Waals surface area (Å²) in [6.45, 7) is 6.98. The molecule has 0 radical (unpaired) electrons. The Kier molecular flexibility index (Phi) is 5.77. The van der Waals surface area contributed by atoms with Gasteiger partial charge in [-0.1, -0.05) is 18.2 Å². The SMILES string of the molecule is CC(C)NC(=O)N1CCN(CC(=O)Nc2ccccc2)CC1. The Labute approximate surface area is 131 Å². The maximum Gasteiger partial charge on any atom is 0.317 e. The average Bonchev–Trinajstić information content (AvgIpc) is 2.48. The third kappa shape index (κ3) is 5.04. The van der Waals surface area contributed by atoms with E-state index in [4.69, 9.17) is 0 Å². The largest absolute Gasteiger partial charge is 0.336 e. The van der Waals surface area contributed by atoms with Crippen molar-refractivity contribution >= 4 is 17.6 Å². The molecule has 0 spiro atoms. The zero-order valence-corrected chi connectivity index (χ0v) is 13.2. The van der Waals surface area contributed by atoms with Gasteiger partial charge in [0.1, 0.15) is 0 Å². The molecule has 3 amide bonds. The maximum atomic E-state index is 12.0. The van der Waals surface area contributed by atoms with E-state index in [1.165, 1.54) is 0 Å². The molecule has 1 heterocycles. The van der Waals surface area contributed by atoms with Gasteiger partial charge >= 0.3 is 6.03 Å². The van der Waals surface area contributed by atoms with Crippen LogP contribution in [0.25, 0.3) is 0 Å². The molecule has 1 fully saturated rings. The quantitative estimate of drug-likeness (QED) is 0.883. The number of benzene rings is 1. The molecule has 2 N–H and O–H groups in total. The Morgan fingerprint density at radius 3 is 2.32 bits per heavy atom. The Morgan fingerprint density at radius 1 is 1.09 bits per heavy atom. The van der Waals surface area contributed by atoms with Gasteiger partial charge in [0, 0.05) is 37.9 Å². The van der Waals surface area contributed by atoms with Crippen LogP contribution in [0, 0.1) is 0 Å². The highest BCUT2D eigenvalue weighted by Crippen LogP contribution is 2.06. The highest BCUT2D eigenvalue weighted by atomic mass is 16.2. The third-order valence-corrected chi connectivity index (χ3v) is 3.50. The molecule has 6 nitrogen and oxygen atoms in total. The van der Waals surface area contributed by atoms with E-state index >= 15 is 0 Å². The Bertz CT molecular complexity index is 496. The molecule has 120 valence electrons. The minimum Gasteiger partial charge on any atom is -0.336 e. The first-order chi connectivity index (χ1) is 10.5. The topological polar surface area (TPSA) is 64.7 Å². The molecule has 1 aromatic rings. The fourth-order valence-electron chi connectivity index (χ4n) is 2.37. The van der Waals surface area contributed by atoms with E-state index in [0.717, 1.165) is 5.69 Å². The van der Waals surface area contributed by atoms with E-state index in [2.05, 4.69) is 15.5 Å². The molecule has 1 aromatic carbocycles. The van der Waals surface area contributed by atoms with Crippen molar-refractivity contribution in [2.24, 2.45) is 0 Å². The Hall–Kier alpha value is -2.08. The first-order valence-corrected chi connectivity index (χ1v) is 7.67. The predicted molar refractivity (Wildman–Crippen MR) is 86.8 cm³/mol. The average molecular weight is 304 g/mol. The van der Waals surface area contributed by atoms with Crippen molar-refractivity contribution in [3.8, 4) is 0 Å². The van der Waals surface area contributed by atoms with E-state index in [1.54, 1.807) is 4.90 Å². The highest BCUT2D eigenvalue weighted by Gasteiger charge is 2.22. The lowest BCUT2D eigenvalue weighted by Gasteiger charge is -2.34. The van der Waals surface area contributed by atoms with Gasteiger partial charge in [-0.15, -0.1) is 0 Å². The number of carbonyl (C=O) groups excluding carboxylic acids is 2. The minimum atomic E-state index is -0.0246. The summed E-state index contributed by atoms with van der Waals surface area (Å²) in [6.07, 6.45) is 0. The zero-order chi connectivity index (χ0) is 15.9. The van der Waals surface area contributed by atoms with E-state index in [0.29, 0.717) is 32.7 Å². The molecule has 0 aromatic heterocycles. The van der Waals surface area contributed by atoms with Gasteiger partial charge in [0.25, 0.3) is 0 Å². The van der Waals surface area contributed by atoms with Crippen LogP contribution in [-0.4, -0.2) is 60.5 Å². The lowest BCUT2D eigenvalue weighted by atomic mass is 10.3. The van der Waals surface area contributed by atoms with Crippen LogP contribution in [-0.2, 0) is 4.79 Å². The van der Waals surface area contributed by atoms with Gasteiger partial charge in [-0.3, -0.25) is 9.69 Å². The molecular weight excluding hydrogens is 280 g/mol. The molecule has 22 heavy (non-hydrogen) atoms. The molecule has 0 unspecified atom stereocenters. The van der Waals surface area contributed by atoms with E-state index in [9.17, 15) is 9.59 Å². The second-order valence-electron chi connectivity index (χ2n) is 5.78. The van der Waals surface area contributed by atoms with Crippen molar-refractivity contribution in [1.29, 1.82) is 0 Å². The third-order valence-electron chi connectivity index (χ3n) is 3.50. The summed E-state index contributed by atoms with van der Waals surface area (Å²) in [5.41, 5.74) is 0.808. The normalized spacial score (nSPS) is 15.7. The number of anilines is 1. The molecule has 1 aliphatic heterocycles. The number of piperazine rings is 1. The fourth-order valence-corrected chi connectivity index (χ4v) is 2.37. The van der Waals surface area contributed by atoms with Gasteiger partial charge in [-0.2, -0.15) is 0 Å². The first kappa shape index (κ1) is 16.3. The molecule has 1 saturated heterocycles. The monoisotopic (exact) mass is 304 g/mol. The predicted octanol–water partition coefficient (Wildman–Crippen LogP) is 1.36. The summed E-state index contributed by atoms with van der Waals surface area (Å²) in [7, 11) is 0. The number of urea groups is 1. The summed E-state index contributed by atoms with van der Waals surface area (Å²) in [6, 6.07) is 9.55. The number of hydrogen-bond acceptors (Lipinski definition) is 3. The van der Waals surface area contributed by atoms with Crippen LogP contribution < -0.4 is 10.6 Å². The van der Waals surface area contributed by atoms with Crippen LogP contribution in [0.5, 0.6) is 0 Å². The van der Waals surface area contributed by atoms with Gasteiger partial charge in [0.15, 0.2) is 0 Å². The second-order valence-corrected chi connectivity index (χ2v) is 5.78. The summed E-state index contributed by atoms with van der Waals surface area (Å²) in [4.78, 5) is 27.8. The van der Waals surface area contributed by atoms with Gasteiger partial charge in [0.05, 0.1) is 6.54 Å². The fraction of sp³-hybridized carbons (Fsp3) is 0.500. The molecule has 0 bridgehead atoms. The molecule has 2 rings (SSSR count). The zero-order valence-electron chi connectivity index (χ0n) is 13.2. The van der Waals surface area contributed by atoms with Crippen molar-refractivity contribution in [2.75, 3.05) is 38.0 Å². The van der Waals surface area contributed by atoms with Crippen LogP contribution in [0.1, 0.15) is 13.8 Å². The number of para-hydroxylation sites is 1. The van der Waals surface area contributed by atoms with Crippen molar-refractivity contribution in [3.05, 3.63) is 30.3 Å².